The second-order valence-corrected chi connectivity index (χ2v) is 10.1. The molecular formula is C31H32ClN3O4. The summed E-state index contributed by atoms with van der Waals surface area (Å²) in [7, 11) is 1.58. The Morgan fingerprint density at radius 2 is 1.82 bits per heavy atom. The van der Waals surface area contributed by atoms with Crippen LogP contribution >= 0.6 is 11.6 Å². The molecule has 0 N–H and O–H groups in total. The van der Waals surface area contributed by atoms with Crippen molar-refractivity contribution in [3.8, 4) is 5.75 Å². The molecule has 0 radical (unpaired) electrons. The maximum Gasteiger partial charge on any atom is 0.333 e. The van der Waals surface area contributed by atoms with Crippen molar-refractivity contribution in [3.05, 3.63) is 101 Å². The van der Waals surface area contributed by atoms with Crippen LogP contribution in [0.4, 0.5) is 11.4 Å². The van der Waals surface area contributed by atoms with Gasteiger partial charge in [-0.1, -0.05) is 74.8 Å². The molecule has 2 atom stereocenters. The molecule has 2 unspecified atom stereocenters. The predicted molar refractivity (Wildman–Crippen MR) is 152 cm³/mol. The lowest BCUT2D eigenvalue weighted by atomic mass is 9.86. The van der Waals surface area contributed by atoms with Crippen molar-refractivity contribution < 1.29 is 19.1 Å². The zero-order chi connectivity index (χ0) is 28.0. The van der Waals surface area contributed by atoms with Crippen LogP contribution in [-0.4, -0.2) is 25.6 Å². The first-order chi connectivity index (χ1) is 18.8. The Morgan fingerprint density at radius 3 is 2.49 bits per heavy atom. The van der Waals surface area contributed by atoms with Gasteiger partial charge in [0.05, 0.1) is 31.6 Å². The van der Waals surface area contributed by atoms with Gasteiger partial charge in [0.25, 0.3) is 5.91 Å². The molecule has 202 valence electrons. The molecule has 3 aromatic rings. The average molecular weight is 546 g/mol. The fourth-order valence-corrected chi connectivity index (χ4v) is 4.53. The Morgan fingerprint density at radius 1 is 1.10 bits per heavy atom. The van der Waals surface area contributed by atoms with Crippen LogP contribution in [0.15, 0.2) is 95.2 Å². The number of hydrogen-bond donors (Lipinski definition) is 0. The number of carbonyl (C=O) groups excluding carboxylic acids is 2. The molecule has 39 heavy (non-hydrogen) atoms. The molecule has 8 heteroatoms. The van der Waals surface area contributed by atoms with E-state index in [1.54, 1.807) is 54.5 Å². The highest BCUT2D eigenvalue weighted by Gasteiger charge is 2.52. The van der Waals surface area contributed by atoms with Crippen LogP contribution in [0.2, 0.25) is 5.02 Å². The van der Waals surface area contributed by atoms with Crippen molar-refractivity contribution in [2.24, 2.45) is 16.1 Å². The third kappa shape index (κ3) is 6.20. The highest BCUT2D eigenvalue weighted by molar-refractivity contribution is 6.31. The quantitative estimate of drug-likeness (QED) is 0.143. The highest BCUT2D eigenvalue weighted by Crippen LogP contribution is 2.48. The molecule has 4 rings (SSSR count). The molecule has 1 aliphatic rings. The van der Waals surface area contributed by atoms with Crippen molar-refractivity contribution in [2.45, 2.75) is 38.8 Å². The van der Waals surface area contributed by atoms with E-state index in [4.69, 9.17) is 21.1 Å². The van der Waals surface area contributed by atoms with Gasteiger partial charge in [-0.15, -0.1) is 0 Å². The van der Waals surface area contributed by atoms with Crippen molar-refractivity contribution >= 4 is 34.9 Å². The van der Waals surface area contributed by atoms with Crippen LogP contribution in [0.1, 0.15) is 37.8 Å². The molecule has 3 aromatic carbocycles. The SMILES string of the molecule is C=C(CC1(N=Nc2ccc(OC)cc2)C(=O)N(Cc2ccccc2)c2cc(Cl)ccc21)C(=O)OCC(C)CC. The fourth-order valence-electron chi connectivity index (χ4n) is 4.36. The molecule has 0 saturated carbocycles. The number of anilines is 1. The molecule has 0 aromatic heterocycles. The van der Waals surface area contributed by atoms with E-state index in [1.807, 2.05) is 44.2 Å². The maximum absolute atomic E-state index is 14.3. The molecule has 0 aliphatic carbocycles. The van der Waals surface area contributed by atoms with Crippen LogP contribution in [0.5, 0.6) is 5.75 Å². The Labute approximate surface area is 234 Å². The van der Waals surface area contributed by atoms with Gasteiger partial charge in [-0.25, -0.2) is 4.79 Å². The van der Waals surface area contributed by atoms with Gasteiger partial charge in [0.1, 0.15) is 5.75 Å². The van der Waals surface area contributed by atoms with E-state index in [9.17, 15) is 9.59 Å². The summed E-state index contributed by atoms with van der Waals surface area (Å²) in [6.45, 7) is 8.60. The summed E-state index contributed by atoms with van der Waals surface area (Å²) in [5.41, 5.74) is 1.30. The Hall–Kier alpha value is -3.97. The van der Waals surface area contributed by atoms with E-state index in [0.29, 0.717) is 34.3 Å². The Balaban J connectivity index is 1.76. The second kappa shape index (κ2) is 12.3. The van der Waals surface area contributed by atoms with Gasteiger partial charge >= 0.3 is 5.97 Å². The minimum atomic E-state index is -1.53. The number of ether oxygens (including phenoxy) is 2. The predicted octanol–water partition coefficient (Wildman–Crippen LogP) is 7.41. The summed E-state index contributed by atoms with van der Waals surface area (Å²) in [6.07, 6.45) is 0.783. The maximum atomic E-state index is 14.3. The zero-order valence-electron chi connectivity index (χ0n) is 22.4. The van der Waals surface area contributed by atoms with E-state index < -0.39 is 11.5 Å². The van der Waals surface area contributed by atoms with Gasteiger partial charge in [-0.05, 0) is 47.9 Å². The minimum Gasteiger partial charge on any atom is -0.497 e. The summed E-state index contributed by atoms with van der Waals surface area (Å²) in [5, 5.41) is 9.56. The highest BCUT2D eigenvalue weighted by atomic mass is 35.5. The van der Waals surface area contributed by atoms with E-state index in [-0.39, 0.29) is 30.4 Å². The number of rotatable bonds is 11. The monoisotopic (exact) mass is 545 g/mol. The number of methoxy groups -OCH3 is 1. The molecule has 1 heterocycles. The number of carbonyl (C=O) groups is 2. The smallest absolute Gasteiger partial charge is 0.333 e. The summed E-state index contributed by atoms with van der Waals surface area (Å²) >= 11 is 6.38. The van der Waals surface area contributed by atoms with Crippen LogP contribution in [0.3, 0.4) is 0 Å². The van der Waals surface area contributed by atoms with Crippen LogP contribution < -0.4 is 9.64 Å². The number of hydrogen-bond acceptors (Lipinski definition) is 6. The van der Waals surface area contributed by atoms with E-state index in [1.165, 1.54) is 0 Å². The first-order valence-electron chi connectivity index (χ1n) is 12.8. The van der Waals surface area contributed by atoms with Crippen LogP contribution in [0.25, 0.3) is 0 Å². The van der Waals surface area contributed by atoms with Crippen LogP contribution in [-0.2, 0) is 26.4 Å². The first-order valence-corrected chi connectivity index (χ1v) is 13.2. The zero-order valence-corrected chi connectivity index (χ0v) is 23.1. The summed E-state index contributed by atoms with van der Waals surface area (Å²) in [4.78, 5) is 28.9. The lowest BCUT2D eigenvalue weighted by molar-refractivity contribution is -0.140. The third-order valence-corrected chi connectivity index (χ3v) is 7.08. The number of halogens is 1. The number of benzene rings is 3. The number of nitrogens with zero attached hydrogens (tertiary/aromatic N) is 3. The van der Waals surface area contributed by atoms with Crippen molar-refractivity contribution in [3.63, 3.8) is 0 Å². The van der Waals surface area contributed by atoms with Crippen molar-refractivity contribution in [1.82, 2.24) is 0 Å². The number of esters is 1. The largest absolute Gasteiger partial charge is 0.497 e. The van der Waals surface area contributed by atoms with Gasteiger partial charge in [-0.2, -0.15) is 10.2 Å². The molecule has 1 amide bonds. The molecular weight excluding hydrogens is 514 g/mol. The number of azo groups is 1. The number of fused-ring (bicyclic) bond motifs is 1. The van der Waals surface area contributed by atoms with Gasteiger partial charge < -0.3 is 14.4 Å². The second-order valence-electron chi connectivity index (χ2n) is 9.69. The molecule has 0 fully saturated rings. The van der Waals surface area contributed by atoms with Crippen molar-refractivity contribution in [1.29, 1.82) is 0 Å². The average Bonchev–Trinajstić information content (AvgIpc) is 3.17. The molecule has 7 nitrogen and oxygen atoms in total. The van der Waals surface area contributed by atoms with E-state index in [0.717, 1.165) is 12.0 Å². The third-order valence-electron chi connectivity index (χ3n) is 6.84. The van der Waals surface area contributed by atoms with E-state index >= 15 is 0 Å². The molecule has 1 aliphatic heterocycles. The molecule has 0 saturated heterocycles. The fraction of sp³-hybridized carbons (Fsp3) is 0.290. The standard InChI is InChI=1S/C31H32ClN3O4/c1-5-21(2)20-39-29(36)22(3)18-31(34-33-25-12-14-26(38-4)15-13-25)27-16-11-24(32)17-28(27)35(30(31)37)19-23-9-7-6-8-10-23/h6-17,21H,3,5,18-20H2,1-2,4H3. The Bertz CT molecular complexity index is 1370. The lowest BCUT2D eigenvalue weighted by Gasteiger charge is -2.24. The normalized spacial score (nSPS) is 17.2. The lowest BCUT2D eigenvalue weighted by Crippen LogP contribution is -2.39. The summed E-state index contributed by atoms with van der Waals surface area (Å²) in [5.74, 6) is 0.00535. The van der Waals surface area contributed by atoms with Gasteiger partial charge in [-0.3, -0.25) is 4.79 Å². The minimum absolute atomic E-state index is 0.0925. The topological polar surface area (TPSA) is 80.6 Å². The molecule has 0 spiro atoms. The molecule has 0 bridgehead atoms. The van der Waals surface area contributed by atoms with Crippen LogP contribution in [0, 0.1) is 5.92 Å². The van der Waals surface area contributed by atoms with Gasteiger partial charge in [0, 0.05) is 22.6 Å². The Kier molecular flexibility index (Phi) is 8.82. The summed E-state index contributed by atoms with van der Waals surface area (Å²) in [6, 6.07) is 21.9. The van der Waals surface area contributed by atoms with Gasteiger partial charge in [0.2, 0.25) is 0 Å². The summed E-state index contributed by atoms with van der Waals surface area (Å²) < 4.78 is 10.7. The van der Waals surface area contributed by atoms with Gasteiger partial charge in [0.15, 0.2) is 5.54 Å². The van der Waals surface area contributed by atoms with E-state index in [2.05, 4.69) is 16.8 Å². The number of amides is 1. The first kappa shape index (κ1) is 28.0. The van der Waals surface area contributed by atoms with Crippen molar-refractivity contribution in [2.75, 3.05) is 18.6 Å².